The normalized spacial score (nSPS) is 18.7. The highest BCUT2D eigenvalue weighted by Crippen LogP contribution is 2.34. The zero-order valence-corrected chi connectivity index (χ0v) is 12.2. The number of nitrogens with zero attached hydrogens (tertiary/aromatic N) is 3. The molecule has 3 rings (SSSR count). The lowest BCUT2D eigenvalue weighted by Crippen LogP contribution is -2.40. The van der Waals surface area contributed by atoms with Crippen LogP contribution in [-0.4, -0.2) is 32.9 Å². The standard InChI is InChI=1S/C16H20FN3O/c1-12-14(11-20(18-12)8-9-21)10-19-7-6-16(19)13-2-4-15(17)5-3-13/h2-5,11,16,21H,6-10H2,1H3. The third-order valence-corrected chi connectivity index (χ3v) is 4.14. The maximum Gasteiger partial charge on any atom is 0.123 e. The number of hydrogen-bond acceptors (Lipinski definition) is 3. The van der Waals surface area contributed by atoms with E-state index in [2.05, 4.69) is 10.00 Å². The molecule has 21 heavy (non-hydrogen) atoms. The highest BCUT2D eigenvalue weighted by Gasteiger charge is 2.29. The fourth-order valence-electron chi connectivity index (χ4n) is 2.84. The van der Waals surface area contributed by atoms with Gasteiger partial charge in [-0.1, -0.05) is 12.1 Å². The van der Waals surface area contributed by atoms with Crippen LogP contribution >= 0.6 is 0 Å². The maximum atomic E-state index is 13.0. The Hall–Kier alpha value is -1.72. The first-order valence-electron chi connectivity index (χ1n) is 7.30. The maximum absolute atomic E-state index is 13.0. The number of aryl methyl sites for hydroxylation is 1. The molecule has 0 radical (unpaired) electrons. The minimum absolute atomic E-state index is 0.0997. The highest BCUT2D eigenvalue weighted by molar-refractivity contribution is 5.23. The van der Waals surface area contributed by atoms with Crippen LogP contribution in [0, 0.1) is 12.7 Å². The van der Waals surface area contributed by atoms with Gasteiger partial charge in [0.2, 0.25) is 0 Å². The molecule has 1 saturated heterocycles. The van der Waals surface area contributed by atoms with Crippen molar-refractivity contribution in [1.82, 2.24) is 14.7 Å². The van der Waals surface area contributed by atoms with Crippen molar-refractivity contribution in [2.45, 2.75) is 32.5 Å². The van der Waals surface area contributed by atoms with Crippen LogP contribution < -0.4 is 0 Å². The molecule has 1 fully saturated rings. The third kappa shape index (κ3) is 2.99. The summed E-state index contributed by atoms with van der Waals surface area (Å²) in [5.74, 6) is -0.189. The summed E-state index contributed by atoms with van der Waals surface area (Å²) in [7, 11) is 0. The monoisotopic (exact) mass is 289 g/mol. The predicted molar refractivity (Wildman–Crippen MR) is 78.2 cm³/mol. The quantitative estimate of drug-likeness (QED) is 0.918. The summed E-state index contributed by atoms with van der Waals surface area (Å²) in [6, 6.07) is 7.15. The van der Waals surface area contributed by atoms with E-state index in [1.54, 1.807) is 4.68 Å². The van der Waals surface area contributed by atoms with Gasteiger partial charge >= 0.3 is 0 Å². The molecule has 2 heterocycles. The van der Waals surface area contributed by atoms with E-state index >= 15 is 0 Å². The lowest BCUT2D eigenvalue weighted by molar-refractivity contribution is 0.0816. The average Bonchev–Trinajstić information content (AvgIpc) is 2.78. The van der Waals surface area contributed by atoms with E-state index in [9.17, 15) is 4.39 Å². The summed E-state index contributed by atoms with van der Waals surface area (Å²) in [5, 5.41) is 13.4. The van der Waals surface area contributed by atoms with Gasteiger partial charge < -0.3 is 5.11 Å². The van der Waals surface area contributed by atoms with Crippen LogP contribution in [0.1, 0.15) is 29.3 Å². The van der Waals surface area contributed by atoms with E-state index in [1.165, 1.54) is 23.3 Å². The van der Waals surface area contributed by atoms with Crippen molar-refractivity contribution in [3.63, 3.8) is 0 Å². The SMILES string of the molecule is Cc1nn(CCO)cc1CN1CCC1c1ccc(F)cc1. The van der Waals surface area contributed by atoms with Crippen molar-refractivity contribution in [2.75, 3.05) is 13.2 Å². The Kier molecular flexibility index (Phi) is 4.03. The van der Waals surface area contributed by atoms with Gasteiger partial charge in [-0.3, -0.25) is 9.58 Å². The van der Waals surface area contributed by atoms with Gasteiger partial charge in [-0.05, 0) is 31.0 Å². The molecule has 0 amide bonds. The van der Waals surface area contributed by atoms with Crippen LogP contribution in [-0.2, 0) is 13.1 Å². The Balaban J connectivity index is 1.69. The molecule has 1 unspecified atom stereocenters. The zero-order chi connectivity index (χ0) is 14.8. The summed E-state index contributed by atoms with van der Waals surface area (Å²) < 4.78 is 14.8. The molecular weight excluding hydrogens is 269 g/mol. The summed E-state index contributed by atoms with van der Waals surface area (Å²) in [4.78, 5) is 2.38. The second-order valence-electron chi connectivity index (χ2n) is 5.55. The van der Waals surface area contributed by atoms with Crippen molar-refractivity contribution < 1.29 is 9.50 Å². The van der Waals surface area contributed by atoms with Gasteiger partial charge in [0.15, 0.2) is 0 Å². The first-order chi connectivity index (χ1) is 10.2. The molecule has 0 spiro atoms. The number of aliphatic hydroxyl groups is 1. The number of aliphatic hydroxyl groups excluding tert-OH is 1. The van der Waals surface area contributed by atoms with E-state index in [4.69, 9.17) is 5.11 Å². The Morgan fingerprint density at radius 1 is 1.33 bits per heavy atom. The van der Waals surface area contributed by atoms with Crippen molar-refractivity contribution in [3.05, 3.63) is 53.1 Å². The van der Waals surface area contributed by atoms with Gasteiger partial charge in [-0.15, -0.1) is 0 Å². The number of rotatable bonds is 5. The molecule has 0 bridgehead atoms. The lowest BCUT2D eigenvalue weighted by atomic mass is 9.94. The van der Waals surface area contributed by atoms with Crippen LogP contribution in [0.3, 0.4) is 0 Å². The van der Waals surface area contributed by atoms with Gasteiger partial charge in [0.25, 0.3) is 0 Å². The third-order valence-electron chi connectivity index (χ3n) is 4.14. The van der Waals surface area contributed by atoms with Gasteiger partial charge in [0.05, 0.1) is 18.8 Å². The Labute approximate surface area is 123 Å². The number of likely N-dealkylation sites (tertiary alicyclic amines) is 1. The minimum atomic E-state index is -0.189. The molecule has 1 aromatic carbocycles. The van der Waals surface area contributed by atoms with E-state index in [0.29, 0.717) is 12.6 Å². The summed E-state index contributed by atoms with van der Waals surface area (Å²) in [5.41, 5.74) is 3.37. The molecule has 0 aliphatic carbocycles. The molecular formula is C16H20FN3O. The van der Waals surface area contributed by atoms with Crippen LogP contribution in [0.2, 0.25) is 0 Å². The smallest absolute Gasteiger partial charge is 0.123 e. The molecule has 112 valence electrons. The van der Waals surface area contributed by atoms with Crippen molar-refractivity contribution in [3.8, 4) is 0 Å². The van der Waals surface area contributed by atoms with E-state index < -0.39 is 0 Å². The Morgan fingerprint density at radius 2 is 2.10 bits per heavy atom. The minimum Gasteiger partial charge on any atom is -0.394 e. The van der Waals surface area contributed by atoms with E-state index in [0.717, 1.165) is 25.2 Å². The number of aromatic nitrogens is 2. The van der Waals surface area contributed by atoms with Gasteiger partial charge in [0.1, 0.15) is 5.82 Å². The molecule has 0 saturated carbocycles. The second kappa shape index (κ2) is 5.95. The van der Waals surface area contributed by atoms with E-state index in [1.807, 2.05) is 25.3 Å². The molecule has 1 aromatic heterocycles. The molecule has 4 nitrogen and oxygen atoms in total. The first kappa shape index (κ1) is 14.2. The van der Waals surface area contributed by atoms with Crippen molar-refractivity contribution in [1.29, 1.82) is 0 Å². The Bertz CT molecular complexity index is 608. The fourth-order valence-corrected chi connectivity index (χ4v) is 2.84. The topological polar surface area (TPSA) is 41.3 Å². The summed E-state index contributed by atoms with van der Waals surface area (Å²) in [6.07, 6.45) is 3.11. The fraction of sp³-hybridized carbons (Fsp3) is 0.438. The first-order valence-corrected chi connectivity index (χ1v) is 7.30. The predicted octanol–water partition coefficient (Wildman–Crippen LogP) is 2.27. The van der Waals surface area contributed by atoms with Crippen molar-refractivity contribution >= 4 is 0 Å². The molecule has 1 aliphatic rings. The molecule has 1 N–H and O–H groups in total. The average molecular weight is 289 g/mol. The second-order valence-corrected chi connectivity index (χ2v) is 5.55. The van der Waals surface area contributed by atoms with Crippen LogP contribution in [0.25, 0.3) is 0 Å². The van der Waals surface area contributed by atoms with Gasteiger partial charge in [0, 0.05) is 30.9 Å². The van der Waals surface area contributed by atoms with Crippen LogP contribution in [0.15, 0.2) is 30.5 Å². The molecule has 1 aliphatic heterocycles. The molecule has 2 aromatic rings. The number of benzene rings is 1. The van der Waals surface area contributed by atoms with Crippen LogP contribution in [0.5, 0.6) is 0 Å². The number of halogens is 1. The van der Waals surface area contributed by atoms with Crippen molar-refractivity contribution in [2.24, 2.45) is 0 Å². The summed E-state index contributed by atoms with van der Waals surface area (Å²) >= 11 is 0. The summed E-state index contributed by atoms with van der Waals surface area (Å²) in [6.45, 7) is 4.52. The van der Waals surface area contributed by atoms with E-state index in [-0.39, 0.29) is 12.4 Å². The number of hydrogen-bond donors (Lipinski definition) is 1. The molecule has 1 atom stereocenters. The largest absolute Gasteiger partial charge is 0.394 e. The molecule has 5 heteroatoms. The van der Waals surface area contributed by atoms with Crippen LogP contribution in [0.4, 0.5) is 4.39 Å². The highest BCUT2D eigenvalue weighted by atomic mass is 19.1. The Morgan fingerprint density at radius 3 is 2.71 bits per heavy atom. The van der Waals surface area contributed by atoms with Gasteiger partial charge in [-0.2, -0.15) is 5.10 Å². The lowest BCUT2D eigenvalue weighted by Gasteiger charge is -2.41. The zero-order valence-electron chi connectivity index (χ0n) is 12.2. The van der Waals surface area contributed by atoms with Gasteiger partial charge in [-0.25, -0.2) is 4.39 Å².